The van der Waals surface area contributed by atoms with Crippen molar-refractivity contribution in [3.05, 3.63) is 102 Å². The Labute approximate surface area is 198 Å². The zero-order valence-electron chi connectivity index (χ0n) is 21.1. The van der Waals surface area contributed by atoms with Crippen LogP contribution < -0.4 is 5.32 Å². The van der Waals surface area contributed by atoms with Crippen LogP contribution in [0.4, 0.5) is 0 Å². The summed E-state index contributed by atoms with van der Waals surface area (Å²) in [6.07, 6.45) is 24.4. The van der Waals surface area contributed by atoms with Crippen molar-refractivity contribution in [2.24, 2.45) is 11.8 Å². The van der Waals surface area contributed by atoms with Crippen molar-refractivity contribution in [2.45, 2.75) is 66.2 Å². The van der Waals surface area contributed by atoms with Crippen LogP contribution in [0.15, 0.2) is 96.8 Å². The lowest BCUT2D eigenvalue weighted by Crippen LogP contribution is -2.03. The lowest BCUT2D eigenvalue weighted by atomic mass is 9.88. The molecular formula is C31H45N. The molecule has 32 heavy (non-hydrogen) atoms. The van der Waals surface area contributed by atoms with Gasteiger partial charge in [-0.2, -0.15) is 0 Å². The quantitative estimate of drug-likeness (QED) is 0.216. The van der Waals surface area contributed by atoms with Crippen molar-refractivity contribution in [1.29, 1.82) is 0 Å². The molecule has 0 aliphatic rings. The van der Waals surface area contributed by atoms with Crippen LogP contribution >= 0.6 is 0 Å². The van der Waals surface area contributed by atoms with Gasteiger partial charge in [-0.15, -0.1) is 0 Å². The van der Waals surface area contributed by atoms with Gasteiger partial charge < -0.3 is 5.32 Å². The number of rotatable bonds is 15. The second kappa shape index (κ2) is 17.1. The van der Waals surface area contributed by atoms with Crippen LogP contribution in [-0.2, 0) is 0 Å². The summed E-state index contributed by atoms with van der Waals surface area (Å²) in [5, 5.41) is 3.23. The fraction of sp³-hybridized carbons (Fsp3) is 0.419. The molecule has 0 fully saturated rings. The van der Waals surface area contributed by atoms with E-state index in [2.05, 4.69) is 106 Å². The van der Waals surface area contributed by atoms with E-state index in [1.54, 1.807) is 0 Å². The molecule has 1 unspecified atom stereocenters. The van der Waals surface area contributed by atoms with E-state index in [1.807, 2.05) is 19.2 Å². The molecule has 0 aromatic heterocycles. The molecule has 174 valence electrons. The van der Waals surface area contributed by atoms with Crippen LogP contribution in [0.5, 0.6) is 0 Å². The van der Waals surface area contributed by atoms with Gasteiger partial charge in [0, 0.05) is 12.7 Å². The molecule has 0 radical (unpaired) electrons. The molecule has 0 amide bonds. The number of allylic oxidation sites excluding steroid dienone is 11. The van der Waals surface area contributed by atoms with Crippen molar-refractivity contribution in [1.82, 2.24) is 5.32 Å². The fourth-order valence-corrected chi connectivity index (χ4v) is 3.75. The van der Waals surface area contributed by atoms with Crippen molar-refractivity contribution in [3.63, 3.8) is 0 Å². The average Bonchev–Trinajstić information content (AvgIpc) is 2.80. The number of hydrogen-bond donors (Lipinski definition) is 1. The molecule has 1 heteroatoms. The Kier molecular flexibility index (Phi) is 14.7. The van der Waals surface area contributed by atoms with Gasteiger partial charge in [-0.3, -0.25) is 0 Å². The first-order chi connectivity index (χ1) is 15.5. The molecule has 0 aliphatic heterocycles. The van der Waals surface area contributed by atoms with Gasteiger partial charge >= 0.3 is 0 Å². The Morgan fingerprint density at radius 1 is 0.969 bits per heavy atom. The van der Waals surface area contributed by atoms with Crippen molar-refractivity contribution < 1.29 is 0 Å². The van der Waals surface area contributed by atoms with Crippen LogP contribution in [0.3, 0.4) is 0 Å². The molecule has 1 aromatic rings. The van der Waals surface area contributed by atoms with E-state index < -0.39 is 0 Å². The van der Waals surface area contributed by atoms with Crippen molar-refractivity contribution in [3.8, 4) is 0 Å². The van der Waals surface area contributed by atoms with Gasteiger partial charge in [-0.05, 0) is 66.7 Å². The van der Waals surface area contributed by atoms with Gasteiger partial charge in [0.25, 0.3) is 0 Å². The molecule has 0 spiro atoms. The minimum atomic E-state index is 0.465. The highest BCUT2D eigenvalue weighted by Gasteiger charge is 2.11. The lowest BCUT2D eigenvalue weighted by Gasteiger charge is -2.17. The normalized spacial score (nSPS) is 14.5. The van der Waals surface area contributed by atoms with Crippen LogP contribution in [0.2, 0.25) is 0 Å². The Morgan fingerprint density at radius 3 is 2.34 bits per heavy atom. The molecule has 0 bridgehead atoms. The smallest absolute Gasteiger partial charge is 0.0101 e. The Hall–Kier alpha value is -2.54. The van der Waals surface area contributed by atoms with E-state index in [-0.39, 0.29) is 0 Å². The first-order valence-corrected chi connectivity index (χ1v) is 12.3. The summed E-state index contributed by atoms with van der Waals surface area (Å²) in [6.45, 7) is 12.9. The summed E-state index contributed by atoms with van der Waals surface area (Å²) in [6, 6.07) is 10.8. The summed E-state index contributed by atoms with van der Waals surface area (Å²) in [7, 11) is 1.99. The van der Waals surface area contributed by atoms with Crippen molar-refractivity contribution in [2.75, 3.05) is 7.05 Å². The SMILES string of the molecule is C=C\C=C/C=C(/C(=C\CCCC(C)CC/C=C/C=C(/CC)NC)c1ccccc1)C(C)C. The first-order valence-electron chi connectivity index (χ1n) is 12.3. The summed E-state index contributed by atoms with van der Waals surface area (Å²) in [4.78, 5) is 0. The second-order valence-corrected chi connectivity index (χ2v) is 8.72. The predicted octanol–water partition coefficient (Wildman–Crippen LogP) is 9.05. The zero-order chi connectivity index (χ0) is 23.6. The minimum absolute atomic E-state index is 0.465. The lowest BCUT2D eigenvalue weighted by molar-refractivity contribution is 0.481. The molecule has 0 aliphatic carbocycles. The first kappa shape index (κ1) is 27.5. The number of unbranched alkanes of at least 4 members (excludes halogenated alkanes) is 1. The maximum atomic E-state index is 3.79. The highest BCUT2D eigenvalue weighted by molar-refractivity contribution is 5.79. The van der Waals surface area contributed by atoms with E-state index in [0.29, 0.717) is 5.92 Å². The van der Waals surface area contributed by atoms with Gasteiger partial charge in [-0.1, -0.05) is 114 Å². The summed E-state index contributed by atoms with van der Waals surface area (Å²) in [5.74, 6) is 1.22. The zero-order valence-corrected chi connectivity index (χ0v) is 21.1. The summed E-state index contributed by atoms with van der Waals surface area (Å²) >= 11 is 0. The van der Waals surface area contributed by atoms with Gasteiger partial charge in [-0.25, -0.2) is 0 Å². The molecule has 1 aromatic carbocycles. The number of nitrogens with one attached hydrogen (secondary N) is 1. The number of benzene rings is 1. The maximum absolute atomic E-state index is 3.79. The van der Waals surface area contributed by atoms with E-state index in [1.165, 1.54) is 41.7 Å². The molecule has 1 nitrogen and oxygen atoms in total. The van der Waals surface area contributed by atoms with E-state index >= 15 is 0 Å². The molecule has 1 N–H and O–H groups in total. The Balaban J connectivity index is 2.71. The molecule has 1 atom stereocenters. The average molecular weight is 432 g/mol. The standard InChI is InChI=1S/C31H45N/c1-7-9-12-24-30(26(3)4)31(28-21-14-11-15-22-28)25-18-17-20-27(5)19-13-10-16-23-29(8-2)32-6/h7,9-12,14-16,21-27,32H,1,8,13,17-20H2,2-6H3/b12-9-,16-10+,29-23-,30-24+,31-25-. The third kappa shape index (κ3) is 11.2. The van der Waals surface area contributed by atoms with E-state index in [9.17, 15) is 0 Å². The van der Waals surface area contributed by atoms with Gasteiger partial charge in [0.1, 0.15) is 0 Å². The minimum Gasteiger partial charge on any atom is -0.391 e. The fourth-order valence-electron chi connectivity index (χ4n) is 3.75. The summed E-state index contributed by atoms with van der Waals surface area (Å²) < 4.78 is 0. The molecule has 0 saturated heterocycles. The Morgan fingerprint density at radius 2 is 1.72 bits per heavy atom. The number of hydrogen-bond acceptors (Lipinski definition) is 1. The maximum Gasteiger partial charge on any atom is 0.0101 e. The van der Waals surface area contributed by atoms with Crippen LogP contribution in [-0.4, -0.2) is 7.05 Å². The van der Waals surface area contributed by atoms with Crippen LogP contribution in [0.25, 0.3) is 5.57 Å². The highest BCUT2D eigenvalue weighted by atomic mass is 14.8. The monoisotopic (exact) mass is 431 g/mol. The third-order valence-electron chi connectivity index (χ3n) is 5.75. The predicted molar refractivity (Wildman–Crippen MR) is 145 cm³/mol. The topological polar surface area (TPSA) is 12.0 Å². The Bertz CT molecular complexity index is 781. The van der Waals surface area contributed by atoms with E-state index in [4.69, 9.17) is 0 Å². The summed E-state index contributed by atoms with van der Waals surface area (Å²) in [5.41, 5.74) is 5.34. The highest BCUT2D eigenvalue weighted by Crippen LogP contribution is 2.30. The molecule has 0 saturated carbocycles. The van der Waals surface area contributed by atoms with Crippen LogP contribution in [0.1, 0.15) is 71.8 Å². The van der Waals surface area contributed by atoms with E-state index in [0.717, 1.165) is 25.2 Å². The van der Waals surface area contributed by atoms with Gasteiger partial charge in [0.2, 0.25) is 0 Å². The van der Waals surface area contributed by atoms with Gasteiger partial charge in [0.15, 0.2) is 0 Å². The third-order valence-corrected chi connectivity index (χ3v) is 5.75. The van der Waals surface area contributed by atoms with Gasteiger partial charge in [0.05, 0.1) is 0 Å². The van der Waals surface area contributed by atoms with Crippen molar-refractivity contribution >= 4 is 5.57 Å². The second-order valence-electron chi connectivity index (χ2n) is 8.72. The van der Waals surface area contributed by atoms with Crippen LogP contribution in [0, 0.1) is 11.8 Å². The molecule has 0 heterocycles. The molecular weight excluding hydrogens is 386 g/mol. The largest absolute Gasteiger partial charge is 0.391 e. The molecule has 1 rings (SSSR count).